The number of aliphatic hydroxyl groups excluding tert-OH is 2. The Morgan fingerprint density at radius 2 is 2.20 bits per heavy atom. The smallest absolute Gasteiger partial charge is 0.339 e. The molecule has 0 saturated heterocycles. The minimum absolute atomic E-state index is 0.0393. The van der Waals surface area contributed by atoms with Crippen molar-refractivity contribution in [2.75, 3.05) is 13.2 Å². The molecule has 5 nitrogen and oxygen atoms in total. The van der Waals surface area contributed by atoms with Crippen molar-refractivity contribution in [3.8, 4) is 0 Å². The third kappa shape index (κ3) is 6.93. The van der Waals surface area contributed by atoms with E-state index in [1.54, 1.807) is 6.92 Å². The van der Waals surface area contributed by atoms with Crippen molar-refractivity contribution in [2.24, 2.45) is 0 Å². The molecule has 0 heterocycles. The number of aliphatic hydroxyl groups is 2. The van der Waals surface area contributed by atoms with Crippen molar-refractivity contribution in [1.82, 2.24) is 0 Å². The molecule has 0 spiro atoms. The van der Waals surface area contributed by atoms with Gasteiger partial charge in [0.2, 0.25) is 6.29 Å². The Balaban J connectivity index is 3.90. The molecule has 88 valence electrons. The molecule has 0 aliphatic rings. The number of ether oxygens (including phenoxy) is 2. The maximum absolute atomic E-state index is 11.2. The fraction of sp³-hybridized carbons (Fsp3) is 0.700. The molecule has 0 aromatic heterocycles. The van der Waals surface area contributed by atoms with Crippen molar-refractivity contribution in [3.63, 3.8) is 0 Å². The van der Waals surface area contributed by atoms with Crippen LogP contribution in [0, 0.1) is 0 Å². The van der Waals surface area contributed by atoms with Gasteiger partial charge >= 0.3 is 5.97 Å². The highest BCUT2D eigenvalue weighted by atomic mass is 16.6. The molecule has 15 heavy (non-hydrogen) atoms. The van der Waals surface area contributed by atoms with E-state index < -0.39 is 12.3 Å². The van der Waals surface area contributed by atoms with Gasteiger partial charge < -0.3 is 19.7 Å². The summed E-state index contributed by atoms with van der Waals surface area (Å²) in [4.78, 5) is 11.2. The number of hydrogen-bond acceptors (Lipinski definition) is 5. The molecular formula is C10H18O5. The van der Waals surface area contributed by atoms with Gasteiger partial charge in [0.25, 0.3) is 0 Å². The summed E-state index contributed by atoms with van der Waals surface area (Å²) in [6.07, 6.45) is 0.739. The Labute approximate surface area is 89.3 Å². The molecule has 0 saturated carbocycles. The van der Waals surface area contributed by atoms with Crippen LogP contribution in [0.5, 0.6) is 0 Å². The molecule has 0 aromatic carbocycles. The molecule has 0 amide bonds. The lowest BCUT2D eigenvalue weighted by Crippen LogP contribution is -2.18. The minimum atomic E-state index is -1.17. The van der Waals surface area contributed by atoms with Gasteiger partial charge in [-0.2, -0.15) is 0 Å². The van der Waals surface area contributed by atoms with Gasteiger partial charge in [0.05, 0.1) is 18.4 Å². The Kier molecular flexibility index (Phi) is 7.67. The number of carbonyl (C=O) groups excluding carboxylic acids is 1. The van der Waals surface area contributed by atoms with Crippen molar-refractivity contribution in [1.29, 1.82) is 0 Å². The average molecular weight is 218 g/mol. The van der Waals surface area contributed by atoms with Crippen molar-refractivity contribution in [3.05, 3.63) is 11.8 Å². The second-order valence-corrected chi connectivity index (χ2v) is 2.98. The number of carbonyl (C=O) groups is 1. The summed E-state index contributed by atoms with van der Waals surface area (Å²) in [5.74, 6) is -0.617. The van der Waals surface area contributed by atoms with Gasteiger partial charge in [-0.15, -0.1) is 0 Å². The second kappa shape index (κ2) is 8.26. The van der Waals surface area contributed by atoms with E-state index in [0.29, 0.717) is 18.6 Å². The Morgan fingerprint density at radius 1 is 1.53 bits per heavy atom. The highest BCUT2D eigenvalue weighted by Crippen LogP contribution is 2.04. The van der Waals surface area contributed by atoms with Crippen LogP contribution in [0.3, 0.4) is 0 Å². The summed E-state index contributed by atoms with van der Waals surface area (Å²) in [5.41, 5.74) is 0.292. The van der Waals surface area contributed by atoms with Crippen LogP contribution in [0.1, 0.15) is 26.7 Å². The van der Waals surface area contributed by atoms with Crippen molar-refractivity contribution in [2.45, 2.75) is 33.0 Å². The molecule has 0 aromatic rings. The van der Waals surface area contributed by atoms with E-state index in [9.17, 15) is 9.90 Å². The maximum Gasteiger partial charge on any atom is 0.339 e. The minimum Gasteiger partial charge on any atom is -0.501 e. The average Bonchev–Trinajstić information content (AvgIpc) is 2.22. The normalized spacial score (nSPS) is 13.5. The molecule has 1 atom stereocenters. The van der Waals surface area contributed by atoms with E-state index in [1.807, 2.05) is 0 Å². The zero-order valence-electron chi connectivity index (χ0n) is 9.10. The fourth-order valence-electron chi connectivity index (χ4n) is 0.798. The number of esters is 1. The highest BCUT2D eigenvalue weighted by molar-refractivity contribution is 5.87. The summed E-state index contributed by atoms with van der Waals surface area (Å²) in [6, 6.07) is 0. The summed E-state index contributed by atoms with van der Waals surface area (Å²) < 4.78 is 9.56. The third-order valence-corrected chi connectivity index (χ3v) is 1.60. The second-order valence-electron chi connectivity index (χ2n) is 2.98. The van der Waals surface area contributed by atoms with Crippen molar-refractivity contribution < 1.29 is 24.5 Å². The topological polar surface area (TPSA) is 76.0 Å². The van der Waals surface area contributed by atoms with E-state index >= 15 is 0 Å². The van der Waals surface area contributed by atoms with Crippen LogP contribution in [0.25, 0.3) is 0 Å². The third-order valence-electron chi connectivity index (χ3n) is 1.60. The number of rotatable bonds is 7. The van der Waals surface area contributed by atoms with Crippen molar-refractivity contribution >= 4 is 5.97 Å². The van der Waals surface area contributed by atoms with Gasteiger partial charge in [-0.1, -0.05) is 0 Å². The molecule has 0 bridgehead atoms. The molecule has 1 unspecified atom stereocenters. The van der Waals surface area contributed by atoms with Crippen LogP contribution in [0.2, 0.25) is 0 Å². The van der Waals surface area contributed by atoms with E-state index in [2.05, 4.69) is 4.74 Å². The fourth-order valence-corrected chi connectivity index (χ4v) is 0.798. The first kappa shape index (κ1) is 13.9. The van der Waals surface area contributed by atoms with Gasteiger partial charge in [-0.05, 0) is 20.3 Å². The van der Waals surface area contributed by atoms with E-state index in [4.69, 9.17) is 9.84 Å². The molecule has 0 aliphatic carbocycles. The van der Waals surface area contributed by atoms with Crippen LogP contribution in [-0.4, -0.2) is 35.7 Å². The summed E-state index contributed by atoms with van der Waals surface area (Å²) in [6.45, 7) is 3.77. The first-order valence-corrected chi connectivity index (χ1v) is 4.90. The standard InChI is InChI=1S/C10H18O5/c1-3-14-7-8(2)10(13)15-9(12)5-4-6-11/h7,9,11-12H,3-6H2,1-2H3. The lowest BCUT2D eigenvalue weighted by atomic mass is 10.3. The Bertz CT molecular complexity index is 212. The Hall–Kier alpha value is -1.07. The van der Waals surface area contributed by atoms with Crippen LogP contribution in [0.4, 0.5) is 0 Å². The lowest BCUT2D eigenvalue weighted by Gasteiger charge is -2.11. The molecule has 0 radical (unpaired) electrons. The van der Waals surface area contributed by atoms with E-state index in [0.717, 1.165) is 0 Å². The van der Waals surface area contributed by atoms with Crippen LogP contribution in [0.15, 0.2) is 11.8 Å². The van der Waals surface area contributed by atoms with Crippen LogP contribution in [-0.2, 0) is 14.3 Å². The van der Waals surface area contributed by atoms with E-state index in [1.165, 1.54) is 13.2 Å². The summed E-state index contributed by atoms with van der Waals surface area (Å²) in [7, 11) is 0. The van der Waals surface area contributed by atoms with Gasteiger partial charge in [0.15, 0.2) is 0 Å². The molecule has 0 aliphatic heterocycles. The zero-order chi connectivity index (χ0) is 11.7. The summed E-state index contributed by atoms with van der Waals surface area (Å²) >= 11 is 0. The SMILES string of the molecule is CCOC=C(C)C(=O)OC(O)CCCO. The molecule has 0 fully saturated rings. The molecular weight excluding hydrogens is 200 g/mol. The quantitative estimate of drug-likeness (QED) is 0.282. The number of hydrogen-bond donors (Lipinski definition) is 2. The maximum atomic E-state index is 11.2. The first-order valence-electron chi connectivity index (χ1n) is 4.90. The molecule has 5 heteroatoms. The first-order chi connectivity index (χ1) is 7.11. The van der Waals surface area contributed by atoms with Gasteiger partial charge in [-0.25, -0.2) is 4.79 Å². The highest BCUT2D eigenvalue weighted by Gasteiger charge is 2.12. The van der Waals surface area contributed by atoms with Gasteiger partial charge in [-0.3, -0.25) is 0 Å². The van der Waals surface area contributed by atoms with Gasteiger partial charge in [0, 0.05) is 13.0 Å². The van der Waals surface area contributed by atoms with E-state index in [-0.39, 0.29) is 13.0 Å². The monoisotopic (exact) mass is 218 g/mol. The molecule has 2 N–H and O–H groups in total. The Morgan fingerprint density at radius 3 is 2.73 bits per heavy atom. The predicted molar refractivity (Wildman–Crippen MR) is 53.8 cm³/mol. The molecule has 0 rings (SSSR count). The summed E-state index contributed by atoms with van der Waals surface area (Å²) in [5, 5.41) is 17.7. The zero-order valence-corrected chi connectivity index (χ0v) is 9.10. The predicted octanol–water partition coefficient (Wildman–Crippen LogP) is 0.561. The largest absolute Gasteiger partial charge is 0.501 e. The van der Waals surface area contributed by atoms with Gasteiger partial charge in [0.1, 0.15) is 0 Å². The van der Waals surface area contributed by atoms with Crippen LogP contribution < -0.4 is 0 Å². The lowest BCUT2D eigenvalue weighted by molar-refractivity contribution is -0.164. The van der Waals surface area contributed by atoms with Crippen LogP contribution >= 0.6 is 0 Å².